The Morgan fingerprint density at radius 1 is 1.32 bits per heavy atom. The molecule has 0 radical (unpaired) electrons. The largest absolute Gasteiger partial charge is 0.481 e. The van der Waals surface area contributed by atoms with Crippen molar-refractivity contribution in [3.63, 3.8) is 0 Å². The van der Waals surface area contributed by atoms with E-state index in [1.165, 1.54) is 0 Å². The van der Waals surface area contributed by atoms with E-state index in [0.717, 1.165) is 5.56 Å². The fourth-order valence-corrected chi connectivity index (χ4v) is 4.34. The first-order valence-electron chi connectivity index (χ1n) is 7.07. The maximum atomic E-state index is 12.6. The number of rotatable bonds is 4. The summed E-state index contributed by atoms with van der Waals surface area (Å²) in [6.45, 7) is 0.702. The lowest BCUT2D eigenvalue weighted by molar-refractivity contribution is -0.142. The van der Waals surface area contributed by atoms with Crippen LogP contribution in [0.1, 0.15) is 24.0 Å². The smallest absolute Gasteiger partial charge is 0.306 e. The van der Waals surface area contributed by atoms with E-state index in [-0.39, 0.29) is 17.9 Å². The van der Waals surface area contributed by atoms with Crippen molar-refractivity contribution in [2.45, 2.75) is 37.0 Å². The highest BCUT2D eigenvalue weighted by molar-refractivity contribution is 7.89. The van der Waals surface area contributed by atoms with E-state index < -0.39 is 28.0 Å². The Bertz CT molecular complexity index is 725. The lowest BCUT2D eigenvalue weighted by Crippen LogP contribution is -2.38. The summed E-state index contributed by atoms with van der Waals surface area (Å²) >= 11 is 0. The minimum absolute atomic E-state index is 0.216. The lowest BCUT2D eigenvalue weighted by atomic mass is 9.92. The quantitative estimate of drug-likeness (QED) is 0.817. The average molecular weight is 323 g/mol. The first kappa shape index (κ1) is 15.2. The zero-order valence-electron chi connectivity index (χ0n) is 11.9. The van der Waals surface area contributed by atoms with Gasteiger partial charge in [0.05, 0.1) is 24.0 Å². The average Bonchev–Trinajstić information content (AvgIpc) is 2.95. The number of carbonyl (C=O) groups is 1. The SMILES string of the molecule is O=C(O)[C@@H]1CC=C[C@@H](NS(=O)(=O)c2cccc3c2COC3)C1. The molecule has 1 aliphatic heterocycles. The summed E-state index contributed by atoms with van der Waals surface area (Å²) in [7, 11) is -3.71. The molecule has 2 atom stereocenters. The van der Waals surface area contributed by atoms with Gasteiger partial charge < -0.3 is 9.84 Å². The van der Waals surface area contributed by atoms with Crippen molar-refractivity contribution in [3.05, 3.63) is 41.5 Å². The minimum Gasteiger partial charge on any atom is -0.481 e. The van der Waals surface area contributed by atoms with E-state index in [1.54, 1.807) is 24.3 Å². The summed E-state index contributed by atoms with van der Waals surface area (Å²) in [5.74, 6) is -1.45. The molecule has 0 saturated heterocycles. The van der Waals surface area contributed by atoms with Crippen LogP contribution in [-0.2, 0) is 32.8 Å². The topological polar surface area (TPSA) is 92.7 Å². The van der Waals surface area contributed by atoms with Gasteiger partial charge >= 0.3 is 5.97 Å². The second-order valence-electron chi connectivity index (χ2n) is 5.55. The molecule has 1 aliphatic carbocycles. The molecule has 118 valence electrons. The van der Waals surface area contributed by atoms with Gasteiger partial charge in [-0.1, -0.05) is 24.3 Å². The Balaban J connectivity index is 1.83. The molecule has 0 aromatic heterocycles. The molecule has 2 N–H and O–H groups in total. The summed E-state index contributed by atoms with van der Waals surface area (Å²) in [5.41, 5.74) is 1.56. The van der Waals surface area contributed by atoms with Gasteiger partial charge in [0.25, 0.3) is 0 Å². The highest BCUT2D eigenvalue weighted by Gasteiger charge is 2.29. The monoisotopic (exact) mass is 323 g/mol. The van der Waals surface area contributed by atoms with Crippen LogP contribution >= 0.6 is 0 Å². The number of ether oxygens (including phenoxy) is 1. The molecule has 0 spiro atoms. The van der Waals surface area contributed by atoms with E-state index in [1.807, 2.05) is 6.07 Å². The van der Waals surface area contributed by atoms with E-state index in [9.17, 15) is 13.2 Å². The van der Waals surface area contributed by atoms with Crippen LogP contribution < -0.4 is 4.72 Å². The maximum absolute atomic E-state index is 12.6. The van der Waals surface area contributed by atoms with E-state index in [4.69, 9.17) is 9.84 Å². The van der Waals surface area contributed by atoms with Crippen LogP contribution in [0.5, 0.6) is 0 Å². The Labute approximate surface area is 128 Å². The molecule has 2 aliphatic rings. The van der Waals surface area contributed by atoms with Gasteiger partial charge in [0.2, 0.25) is 10.0 Å². The normalized spacial score (nSPS) is 24.2. The summed E-state index contributed by atoms with van der Waals surface area (Å²) in [4.78, 5) is 11.3. The van der Waals surface area contributed by atoms with Crippen molar-refractivity contribution in [1.29, 1.82) is 0 Å². The molecule has 0 fully saturated rings. The summed E-state index contributed by atoms with van der Waals surface area (Å²) in [6.07, 6.45) is 4.13. The summed E-state index contributed by atoms with van der Waals surface area (Å²) in [5, 5.41) is 9.07. The highest BCUT2D eigenvalue weighted by atomic mass is 32.2. The second-order valence-corrected chi connectivity index (χ2v) is 7.23. The number of fused-ring (bicyclic) bond motifs is 1. The number of carboxylic acids is 1. The predicted octanol–water partition coefficient (Wildman–Crippen LogP) is 1.41. The van der Waals surface area contributed by atoms with E-state index in [0.29, 0.717) is 18.6 Å². The first-order valence-corrected chi connectivity index (χ1v) is 8.56. The van der Waals surface area contributed by atoms with Crippen LogP contribution in [0.25, 0.3) is 0 Å². The van der Waals surface area contributed by atoms with E-state index in [2.05, 4.69) is 4.72 Å². The maximum Gasteiger partial charge on any atom is 0.306 e. The van der Waals surface area contributed by atoms with Crippen molar-refractivity contribution in [2.75, 3.05) is 0 Å². The van der Waals surface area contributed by atoms with Crippen molar-refractivity contribution >= 4 is 16.0 Å². The van der Waals surface area contributed by atoms with Crippen molar-refractivity contribution in [2.24, 2.45) is 5.92 Å². The third kappa shape index (κ3) is 2.92. The van der Waals surface area contributed by atoms with Gasteiger partial charge in [-0.15, -0.1) is 0 Å². The fraction of sp³-hybridized carbons (Fsp3) is 0.400. The van der Waals surface area contributed by atoms with Crippen molar-refractivity contribution in [3.8, 4) is 0 Å². The summed E-state index contributed by atoms with van der Waals surface area (Å²) < 4.78 is 33.1. The zero-order valence-corrected chi connectivity index (χ0v) is 12.7. The highest BCUT2D eigenvalue weighted by Crippen LogP contribution is 2.27. The van der Waals surface area contributed by atoms with Gasteiger partial charge in [-0.3, -0.25) is 4.79 Å². The van der Waals surface area contributed by atoms with Gasteiger partial charge in [0, 0.05) is 11.6 Å². The third-order valence-corrected chi connectivity index (χ3v) is 5.58. The number of aliphatic carboxylic acids is 1. The van der Waals surface area contributed by atoms with Crippen LogP contribution in [0.2, 0.25) is 0 Å². The van der Waals surface area contributed by atoms with Gasteiger partial charge in [-0.05, 0) is 24.5 Å². The van der Waals surface area contributed by atoms with Crippen molar-refractivity contribution < 1.29 is 23.1 Å². The number of carboxylic acid groups (broad SMARTS) is 1. The zero-order chi connectivity index (χ0) is 15.7. The van der Waals surface area contributed by atoms with E-state index >= 15 is 0 Å². The summed E-state index contributed by atoms with van der Waals surface area (Å²) in [6, 6.07) is 4.59. The van der Waals surface area contributed by atoms with Gasteiger partial charge in [0.15, 0.2) is 0 Å². The standard InChI is InChI=1S/C15H17NO5S/c17-15(18)10-3-1-5-12(7-10)16-22(19,20)14-6-2-4-11-8-21-9-13(11)14/h1-2,4-6,10,12,16H,3,7-9H2,(H,17,18)/t10-,12-/m1/s1. The van der Waals surface area contributed by atoms with Crippen molar-refractivity contribution in [1.82, 2.24) is 4.72 Å². The minimum atomic E-state index is -3.71. The molecular weight excluding hydrogens is 306 g/mol. The number of hydrogen-bond acceptors (Lipinski definition) is 4. The Hall–Kier alpha value is -1.70. The van der Waals surface area contributed by atoms with Crippen LogP contribution in [-0.4, -0.2) is 25.5 Å². The number of hydrogen-bond donors (Lipinski definition) is 2. The van der Waals surface area contributed by atoms with Gasteiger partial charge in [0.1, 0.15) is 0 Å². The van der Waals surface area contributed by atoms with Gasteiger partial charge in [-0.2, -0.15) is 0 Å². The molecule has 1 heterocycles. The molecule has 7 heteroatoms. The Kier molecular flexibility index (Phi) is 4.03. The molecule has 0 bridgehead atoms. The number of allylic oxidation sites excluding steroid dienone is 1. The van der Waals surface area contributed by atoms with Crippen LogP contribution in [0, 0.1) is 5.92 Å². The molecule has 22 heavy (non-hydrogen) atoms. The third-order valence-electron chi connectivity index (χ3n) is 4.01. The Morgan fingerprint density at radius 3 is 2.91 bits per heavy atom. The first-order chi connectivity index (χ1) is 10.5. The number of sulfonamides is 1. The molecule has 0 amide bonds. The predicted molar refractivity (Wildman–Crippen MR) is 78.5 cm³/mol. The van der Waals surface area contributed by atoms with Crippen LogP contribution in [0.3, 0.4) is 0 Å². The van der Waals surface area contributed by atoms with Gasteiger partial charge in [-0.25, -0.2) is 13.1 Å². The second kappa shape index (κ2) is 5.83. The number of benzene rings is 1. The molecule has 3 rings (SSSR count). The molecular formula is C15H17NO5S. The lowest BCUT2D eigenvalue weighted by Gasteiger charge is -2.23. The molecule has 1 aromatic carbocycles. The molecule has 1 aromatic rings. The molecule has 0 unspecified atom stereocenters. The molecule has 0 saturated carbocycles. The van der Waals surface area contributed by atoms with Crippen LogP contribution in [0.15, 0.2) is 35.2 Å². The number of nitrogens with one attached hydrogen (secondary N) is 1. The molecule has 6 nitrogen and oxygen atoms in total. The van der Waals surface area contributed by atoms with Crippen LogP contribution in [0.4, 0.5) is 0 Å². The fourth-order valence-electron chi connectivity index (χ4n) is 2.87. The Morgan fingerprint density at radius 2 is 2.14 bits per heavy atom.